The van der Waals surface area contributed by atoms with E-state index in [4.69, 9.17) is 4.42 Å². The highest BCUT2D eigenvalue weighted by Gasteiger charge is 2.34. The number of rotatable bonds is 4. The van der Waals surface area contributed by atoms with Crippen LogP contribution in [0.25, 0.3) is 0 Å². The number of carbonyl (C=O) groups excluding carboxylic acids is 2. The summed E-state index contributed by atoms with van der Waals surface area (Å²) in [5, 5.41) is 2.79. The molecule has 0 fully saturated rings. The molecular formula is C21H17FN2O3. The number of amides is 2. The predicted molar refractivity (Wildman–Crippen MR) is 98.7 cm³/mol. The van der Waals surface area contributed by atoms with E-state index in [-0.39, 0.29) is 24.8 Å². The maximum atomic E-state index is 13.8. The van der Waals surface area contributed by atoms with Crippen LogP contribution in [0.2, 0.25) is 0 Å². The smallest absolute Gasteiger partial charge is 0.235 e. The maximum absolute atomic E-state index is 13.8. The molecule has 2 amide bonds. The molecule has 0 radical (unpaired) electrons. The summed E-state index contributed by atoms with van der Waals surface area (Å²) >= 11 is 0. The Morgan fingerprint density at radius 3 is 2.78 bits per heavy atom. The van der Waals surface area contributed by atoms with Crippen LogP contribution < -0.4 is 10.2 Å². The summed E-state index contributed by atoms with van der Waals surface area (Å²) in [7, 11) is 0. The van der Waals surface area contributed by atoms with E-state index in [1.54, 1.807) is 36.4 Å². The van der Waals surface area contributed by atoms with Gasteiger partial charge in [0.05, 0.1) is 18.7 Å². The average molecular weight is 364 g/mol. The first-order valence-electron chi connectivity index (χ1n) is 8.60. The molecule has 0 saturated carbocycles. The summed E-state index contributed by atoms with van der Waals surface area (Å²) in [6.07, 6.45) is 1.56. The molecule has 0 spiro atoms. The minimum atomic E-state index is -0.645. The van der Waals surface area contributed by atoms with Crippen molar-refractivity contribution in [1.82, 2.24) is 0 Å². The molecule has 1 atom stereocenters. The lowest BCUT2D eigenvalue weighted by atomic mass is 9.89. The van der Waals surface area contributed by atoms with E-state index < -0.39 is 11.7 Å². The van der Waals surface area contributed by atoms with E-state index in [1.165, 1.54) is 23.3 Å². The number of carbonyl (C=O) groups is 2. The van der Waals surface area contributed by atoms with Gasteiger partial charge < -0.3 is 14.6 Å². The topological polar surface area (TPSA) is 62.6 Å². The third-order valence-corrected chi connectivity index (χ3v) is 4.58. The van der Waals surface area contributed by atoms with Crippen molar-refractivity contribution in [2.75, 3.05) is 10.2 Å². The Morgan fingerprint density at radius 2 is 2.00 bits per heavy atom. The van der Waals surface area contributed by atoms with E-state index in [1.807, 2.05) is 12.1 Å². The predicted octanol–water partition coefficient (Wildman–Crippen LogP) is 4.08. The van der Waals surface area contributed by atoms with Gasteiger partial charge in [-0.25, -0.2) is 4.39 Å². The van der Waals surface area contributed by atoms with Gasteiger partial charge in [0.25, 0.3) is 0 Å². The summed E-state index contributed by atoms with van der Waals surface area (Å²) in [5.74, 6) is -1.01. The van der Waals surface area contributed by atoms with Gasteiger partial charge in [0.15, 0.2) is 0 Å². The monoisotopic (exact) mass is 364 g/mol. The molecule has 0 aliphatic carbocycles. The number of hydrogen-bond donors (Lipinski definition) is 1. The molecule has 1 aliphatic rings. The molecule has 1 N–H and O–H groups in total. The first kappa shape index (κ1) is 17.0. The molecule has 2 aromatic carbocycles. The molecule has 1 aromatic heterocycles. The van der Waals surface area contributed by atoms with Crippen LogP contribution in [-0.4, -0.2) is 11.8 Å². The van der Waals surface area contributed by atoms with Gasteiger partial charge in [-0.1, -0.05) is 24.3 Å². The second-order valence-electron chi connectivity index (χ2n) is 6.38. The Balaban J connectivity index is 1.73. The number of nitrogens with one attached hydrogen (secondary N) is 1. The van der Waals surface area contributed by atoms with Crippen molar-refractivity contribution in [3.8, 4) is 0 Å². The summed E-state index contributed by atoms with van der Waals surface area (Å²) < 4.78 is 19.2. The second kappa shape index (κ2) is 7.07. The summed E-state index contributed by atoms with van der Waals surface area (Å²) in [4.78, 5) is 27.0. The normalized spacial score (nSPS) is 15.7. The van der Waals surface area contributed by atoms with Crippen LogP contribution in [0.1, 0.15) is 23.7 Å². The SMILES string of the molecule is O=C1C[C@@H](C(=O)N(Cc2ccco2)c2cccc(F)c2)c2ccccc2N1. The Hall–Kier alpha value is -3.41. The van der Waals surface area contributed by atoms with Gasteiger partial charge in [0, 0.05) is 17.8 Å². The molecule has 0 bridgehead atoms. The minimum absolute atomic E-state index is 0.0415. The molecule has 6 heteroatoms. The van der Waals surface area contributed by atoms with Crippen molar-refractivity contribution in [3.63, 3.8) is 0 Å². The summed E-state index contributed by atoms with van der Waals surface area (Å²) in [5.41, 5.74) is 1.80. The molecule has 0 saturated heterocycles. The Bertz CT molecular complexity index is 985. The van der Waals surface area contributed by atoms with Gasteiger partial charge in [0.2, 0.25) is 11.8 Å². The first-order valence-corrected chi connectivity index (χ1v) is 8.60. The van der Waals surface area contributed by atoms with Gasteiger partial charge in [-0.15, -0.1) is 0 Å². The molecule has 27 heavy (non-hydrogen) atoms. The molecule has 2 heterocycles. The van der Waals surface area contributed by atoms with E-state index in [2.05, 4.69) is 5.32 Å². The zero-order valence-electron chi connectivity index (χ0n) is 14.4. The van der Waals surface area contributed by atoms with Crippen LogP contribution >= 0.6 is 0 Å². The molecule has 1 aliphatic heterocycles. The van der Waals surface area contributed by atoms with Crippen LogP contribution in [0.15, 0.2) is 71.3 Å². The summed E-state index contributed by atoms with van der Waals surface area (Å²) in [6.45, 7) is 0.148. The van der Waals surface area contributed by atoms with E-state index >= 15 is 0 Å². The lowest BCUT2D eigenvalue weighted by Gasteiger charge is -2.30. The highest BCUT2D eigenvalue weighted by Crippen LogP contribution is 2.35. The first-order chi connectivity index (χ1) is 13.1. The lowest BCUT2D eigenvalue weighted by molar-refractivity contribution is -0.124. The van der Waals surface area contributed by atoms with E-state index in [9.17, 15) is 14.0 Å². The minimum Gasteiger partial charge on any atom is -0.467 e. The summed E-state index contributed by atoms with van der Waals surface area (Å²) in [6, 6.07) is 16.5. The molecule has 5 nitrogen and oxygen atoms in total. The van der Waals surface area contributed by atoms with Crippen molar-refractivity contribution in [2.45, 2.75) is 18.9 Å². The van der Waals surface area contributed by atoms with Crippen molar-refractivity contribution < 1.29 is 18.4 Å². The van der Waals surface area contributed by atoms with Crippen molar-refractivity contribution >= 4 is 23.2 Å². The number of fused-ring (bicyclic) bond motifs is 1. The third-order valence-electron chi connectivity index (χ3n) is 4.58. The highest BCUT2D eigenvalue weighted by atomic mass is 19.1. The lowest BCUT2D eigenvalue weighted by Crippen LogP contribution is -2.38. The standard InChI is InChI=1S/C21H17FN2O3/c22-14-5-3-6-15(11-14)24(13-16-7-4-10-27-16)21(26)18-12-20(25)23-19-9-2-1-8-17(18)19/h1-11,18H,12-13H2,(H,23,25)/t18-/m1/s1. The molecule has 3 aromatic rings. The average Bonchev–Trinajstić information content (AvgIpc) is 3.18. The fraction of sp³-hybridized carbons (Fsp3) is 0.143. The number of para-hydroxylation sites is 1. The molecular weight excluding hydrogens is 347 g/mol. The Morgan fingerprint density at radius 1 is 1.15 bits per heavy atom. The Kier molecular flexibility index (Phi) is 4.46. The number of benzene rings is 2. The maximum Gasteiger partial charge on any atom is 0.235 e. The van der Waals surface area contributed by atoms with E-state index in [0.29, 0.717) is 17.1 Å². The molecule has 0 unspecified atom stereocenters. The molecule has 4 rings (SSSR count). The van der Waals surface area contributed by atoms with Crippen molar-refractivity contribution in [1.29, 1.82) is 0 Å². The fourth-order valence-electron chi connectivity index (χ4n) is 3.32. The third kappa shape index (κ3) is 3.46. The van der Waals surface area contributed by atoms with Gasteiger partial charge in [-0.05, 0) is 42.0 Å². The fourth-order valence-corrected chi connectivity index (χ4v) is 3.32. The number of furan rings is 1. The number of halogens is 1. The number of anilines is 2. The highest BCUT2D eigenvalue weighted by molar-refractivity contribution is 6.06. The Labute approximate surface area is 155 Å². The van der Waals surface area contributed by atoms with Gasteiger partial charge in [-0.2, -0.15) is 0 Å². The largest absolute Gasteiger partial charge is 0.467 e. The van der Waals surface area contributed by atoms with Crippen LogP contribution in [0, 0.1) is 5.82 Å². The van der Waals surface area contributed by atoms with Crippen LogP contribution in [0.4, 0.5) is 15.8 Å². The quantitative estimate of drug-likeness (QED) is 0.759. The number of nitrogens with zero attached hydrogens (tertiary/aromatic N) is 1. The zero-order valence-corrected chi connectivity index (χ0v) is 14.4. The molecule has 136 valence electrons. The zero-order chi connectivity index (χ0) is 18.8. The van der Waals surface area contributed by atoms with Gasteiger partial charge in [0.1, 0.15) is 11.6 Å². The van der Waals surface area contributed by atoms with Crippen LogP contribution in [0.3, 0.4) is 0 Å². The van der Waals surface area contributed by atoms with Gasteiger partial charge in [-0.3, -0.25) is 9.59 Å². The van der Waals surface area contributed by atoms with Crippen LogP contribution in [-0.2, 0) is 16.1 Å². The van der Waals surface area contributed by atoms with Crippen molar-refractivity contribution in [3.05, 3.63) is 84.1 Å². The van der Waals surface area contributed by atoms with Gasteiger partial charge >= 0.3 is 0 Å². The van der Waals surface area contributed by atoms with Crippen molar-refractivity contribution in [2.24, 2.45) is 0 Å². The van der Waals surface area contributed by atoms with Crippen LogP contribution in [0.5, 0.6) is 0 Å². The second-order valence-corrected chi connectivity index (χ2v) is 6.38. The van der Waals surface area contributed by atoms with E-state index in [0.717, 1.165) is 5.56 Å². The number of hydrogen-bond acceptors (Lipinski definition) is 3.